The van der Waals surface area contributed by atoms with Gasteiger partial charge in [0.05, 0.1) is 6.54 Å². The molecule has 6 nitrogen and oxygen atoms in total. The number of aromatic nitrogens is 1. The fourth-order valence-electron chi connectivity index (χ4n) is 1.94. The van der Waals surface area contributed by atoms with Gasteiger partial charge in [-0.2, -0.15) is 0 Å². The molecule has 0 aliphatic heterocycles. The highest BCUT2D eigenvalue weighted by molar-refractivity contribution is 7.97. The molecule has 0 spiro atoms. The fraction of sp³-hybridized carbons (Fsp3) is 0.348. The minimum Gasteiger partial charge on any atom is -0.443 e. The van der Waals surface area contributed by atoms with Crippen molar-refractivity contribution < 1.29 is 19.1 Å². The monoisotopic (exact) mass is 428 g/mol. The van der Waals surface area contributed by atoms with E-state index in [0.29, 0.717) is 12.8 Å². The summed E-state index contributed by atoms with van der Waals surface area (Å²) in [6.07, 6.45) is 3.52. The molecule has 0 atom stereocenters. The first-order valence-electron chi connectivity index (χ1n) is 9.40. The van der Waals surface area contributed by atoms with Crippen molar-refractivity contribution in [3.63, 3.8) is 0 Å². The number of benzene rings is 1. The summed E-state index contributed by atoms with van der Waals surface area (Å²) in [4.78, 5) is 27.8. The Morgan fingerprint density at radius 2 is 1.77 bits per heavy atom. The van der Waals surface area contributed by atoms with Crippen LogP contribution >= 0.6 is 11.9 Å². The molecular formula is C23H28N2O4S. The first-order chi connectivity index (χ1) is 14.3. The minimum absolute atomic E-state index is 0.384. The Morgan fingerprint density at radius 1 is 1.17 bits per heavy atom. The molecule has 0 bridgehead atoms. The van der Waals surface area contributed by atoms with Crippen molar-refractivity contribution >= 4 is 24.3 Å². The third-order valence-corrected chi connectivity index (χ3v) is 4.29. The van der Waals surface area contributed by atoms with Gasteiger partial charge in [-0.15, -0.1) is 0 Å². The van der Waals surface area contributed by atoms with Gasteiger partial charge >= 0.3 is 6.09 Å². The van der Waals surface area contributed by atoms with Gasteiger partial charge in [0.1, 0.15) is 5.60 Å². The molecular weight excluding hydrogens is 400 g/mol. The number of hydrogen-bond acceptors (Lipinski definition) is 6. The first-order valence-corrected chi connectivity index (χ1v) is 10.2. The standard InChI is InChI=1S/C20H20N2O3S.C3H8O/c1-20(2,3)25-19(24)22(15-17-10-12-21-13-11-17)26-18-8-6-16(7-9-18)5-4-14-23;1-3-4-2/h6-14H,15H2,1-3H3;3H2,1-2H3. The molecule has 0 saturated heterocycles. The predicted molar refractivity (Wildman–Crippen MR) is 119 cm³/mol. The van der Waals surface area contributed by atoms with Crippen LogP contribution in [0.25, 0.3) is 0 Å². The average molecular weight is 429 g/mol. The van der Waals surface area contributed by atoms with E-state index in [1.165, 1.54) is 11.9 Å². The highest BCUT2D eigenvalue weighted by Gasteiger charge is 2.23. The Hall–Kier alpha value is -2.82. The molecule has 0 radical (unpaired) electrons. The number of nitrogens with zero attached hydrogens (tertiary/aromatic N) is 2. The van der Waals surface area contributed by atoms with Crippen molar-refractivity contribution in [2.75, 3.05) is 13.7 Å². The van der Waals surface area contributed by atoms with Crippen molar-refractivity contribution in [3.8, 4) is 11.8 Å². The van der Waals surface area contributed by atoms with Crippen molar-refractivity contribution in [2.45, 2.75) is 44.7 Å². The average Bonchev–Trinajstić information content (AvgIpc) is 2.72. The SMILES string of the molecule is CC(C)(C)OC(=O)N(Cc1ccncc1)Sc1ccc(C#CC=O)cc1.CCOC. The van der Waals surface area contributed by atoms with E-state index in [1.807, 2.05) is 52.0 Å². The molecule has 1 amide bonds. The number of carbonyl (C=O) groups is 2. The summed E-state index contributed by atoms with van der Waals surface area (Å²) in [5.41, 5.74) is 1.11. The van der Waals surface area contributed by atoms with E-state index < -0.39 is 11.7 Å². The van der Waals surface area contributed by atoms with Crippen LogP contribution in [0.1, 0.15) is 38.8 Å². The van der Waals surface area contributed by atoms with Crippen LogP contribution in [-0.4, -0.2) is 41.0 Å². The summed E-state index contributed by atoms with van der Waals surface area (Å²) in [5, 5.41) is 0. The van der Waals surface area contributed by atoms with Crippen molar-refractivity contribution in [1.29, 1.82) is 0 Å². The quantitative estimate of drug-likeness (QED) is 0.390. The lowest BCUT2D eigenvalue weighted by Crippen LogP contribution is -2.32. The Kier molecular flexibility index (Phi) is 11.3. The van der Waals surface area contributed by atoms with Crippen LogP contribution < -0.4 is 0 Å². The number of methoxy groups -OCH3 is 1. The van der Waals surface area contributed by atoms with E-state index in [2.05, 4.69) is 21.6 Å². The van der Waals surface area contributed by atoms with E-state index in [0.717, 1.165) is 22.6 Å². The third-order valence-electron chi connectivity index (χ3n) is 3.31. The van der Waals surface area contributed by atoms with Gasteiger partial charge in [-0.1, -0.05) is 5.92 Å². The molecule has 1 heterocycles. The highest BCUT2D eigenvalue weighted by Crippen LogP contribution is 2.27. The van der Waals surface area contributed by atoms with Crippen LogP contribution in [0.5, 0.6) is 0 Å². The Labute approximate surface area is 183 Å². The van der Waals surface area contributed by atoms with Gasteiger partial charge in [-0.3, -0.25) is 9.78 Å². The number of pyridine rings is 1. The summed E-state index contributed by atoms with van der Waals surface area (Å²) in [5.74, 6) is 5.10. The third kappa shape index (κ3) is 10.6. The molecule has 0 saturated carbocycles. The maximum absolute atomic E-state index is 12.6. The number of ether oxygens (including phenoxy) is 2. The van der Waals surface area contributed by atoms with E-state index in [9.17, 15) is 9.59 Å². The molecule has 0 N–H and O–H groups in total. The zero-order chi connectivity index (χ0) is 22.4. The van der Waals surface area contributed by atoms with Gasteiger partial charge in [0.15, 0.2) is 6.29 Å². The van der Waals surface area contributed by atoms with Crippen molar-refractivity contribution in [3.05, 3.63) is 59.9 Å². The number of carbonyl (C=O) groups excluding carboxylic acids is 2. The molecule has 1 aromatic heterocycles. The molecule has 0 aliphatic carbocycles. The van der Waals surface area contributed by atoms with Crippen LogP contribution in [0.4, 0.5) is 4.79 Å². The maximum Gasteiger partial charge on any atom is 0.420 e. The van der Waals surface area contributed by atoms with Gasteiger partial charge in [0, 0.05) is 36.6 Å². The lowest BCUT2D eigenvalue weighted by molar-refractivity contribution is -0.103. The lowest BCUT2D eigenvalue weighted by atomic mass is 10.2. The molecule has 2 aromatic rings. The zero-order valence-electron chi connectivity index (χ0n) is 18.0. The second-order valence-electron chi connectivity index (χ2n) is 6.95. The highest BCUT2D eigenvalue weighted by atomic mass is 32.2. The van der Waals surface area contributed by atoms with Crippen molar-refractivity contribution in [1.82, 2.24) is 9.29 Å². The van der Waals surface area contributed by atoms with Crippen LogP contribution in [0.3, 0.4) is 0 Å². The summed E-state index contributed by atoms with van der Waals surface area (Å²) < 4.78 is 11.6. The van der Waals surface area contributed by atoms with Gasteiger partial charge in [0.2, 0.25) is 0 Å². The van der Waals surface area contributed by atoms with E-state index in [4.69, 9.17) is 4.74 Å². The summed E-state index contributed by atoms with van der Waals surface area (Å²) in [7, 11) is 1.68. The molecule has 2 rings (SSSR count). The maximum atomic E-state index is 12.6. The normalized spacial score (nSPS) is 10.0. The Morgan fingerprint density at radius 3 is 2.27 bits per heavy atom. The Balaban J connectivity index is 0.00000103. The van der Waals surface area contributed by atoms with E-state index >= 15 is 0 Å². The van der Waals surface area contributed by atoms with Crippen LogP contribution in [-0.2, 0) is 20.8 Å². The largest absolute Gasteiger partial charge is 0.443 e. The Bertz CT molecular complexity index is 835. The number of hydrogen-bond donors (Lipinski definition) is 0. The fourth-order valence-corrected chi connectivity index (χ4v) is 2.78. The van der Waals surface area contributed by atoms with Gasteiger partial charge in [0.25, 0.3) is 0 Å². The van der Waals surface area contributed by atoms with E-state index in [-0.39, 0.29) is 0 Å². The topological polar surface area (TPSA) is 68.7 Å². The first kappa shape index (κ1) is 25.2. The molecule has 1 aromatic carbocycles. The molecule has 0 aliphatic rings. The minimum atomic E-state index is -0.581. The van der Waals surface area contributed by atoms with Crippen LogP contribution in [0, 0.1) is 11.8 Å². The molecule has 30 heavy (non-hydrogen) atoms. The predicted octanol–water partition coefficient (Wildman–Crippen LogP) is 4.73. The number of amides is 1. The molecule has 7 heteroatoms. The van der Waals surface area contributed by atoms with Gasteiger partial charge in [-0.05, 0) is 87.5 Å². The zero-order valence-corrected chi connectivity index (χ0v) is 18.9. The van der Waals surface area contributed by atoms with Gasteiger partial charge in [-0.25, -0.2) is 9.10 Å². The summed E-state index contributed by atoms with van der Waals surface area (Å²) in [6.45, 7) is 8.66. The molecule has 0 fully saturated rings. The van der Waals surface area contributed by atoms with Crippen LogP contribution in [0.2, 0.25) is 0 Å². The van der Waals surface area contributed by atoms with E-state index in [1.54, 1.807) is 35.9 Å². The van der Waals surface area contributed by atoms with Crippen molar-refractivity contribution in [2.24, 2.45) is 0 Å². The summed E-state index contributed by atoms with van der Waals surface area (Å²) >= 11 is 1.29. The smallest absolute Gasteiger partial charge is 0.420 e. The second-order valence-corrected chi connectivity index (χ2v) is 8.05. The number of rotatable bonds is 5. The van der Waals surface area contributed by atoms with Crippen LogP contribution in [0.15, 0.2) is 53.7 Å². The molecule has 160 valence electrons. The second kappa shape index (κ2) is 13.4. The lowest BCUT2D eigenvalue weighted by Gasteiger charge is -2.26. The number of aldehydes is 1. The molecule has 0 unspecified atom stereocenters. The van der Waals surface area contributed by atoms with Gasteiger partial charge < -0.3 is 9.47 Å². The summed E-state index contributed by atoms with van der Waals surface area (Å²) in [6, 6.07) is 11.0.